The fourth-order valence-corrected chi connectivity index (χ4v) is 0.102. The molecule has 10 heavy (non-hydrogen) atoms. The van der Waals surface area contributed by atoms with Crippen molar-refractivity contribution in [3.05, 3.63) is 0 Å². The lowest BCUT2D eigenvalue weighted by Gasteiger charge is -1.97. The zero-order chi connectivity index (χ0) is 7.66. The van der Waals surface area contributed by atoms with E-state index in [0.717, 1.165) is 0 Å². The van der Waals surface area contributed by atoms with Gasteiger partial charge in [-0.3, -0.25) is 0 Å². The Labute approximate surface area is 56.1 Å². The summed E-state index contributed by atoms with van der Waals surface area (Å²) in [5.74, 6) is 0. The Morgan fingerprint density at radius 2 is 1.80 bits per heavy atom. The van der Waals surface area contributed by atoms with Gasteiger partial charge in [0, 0.05) is 0 Å². The van der Waals surface area contributed by atoms with Crippen molar-refractivity contribution in [1.82, 2.24) is 0 Å². The minimum atomic E-state index is -0.372. The molecular formula is CH3BO8. The summed E-state index contributed by atoms with van der Waals surface area (Å²) < 4.78 is 3.84. The second-order valence-corrected chi connectivity index (χ2v) is 0.749. The van der Waals surface area contributed by atoms with Crippen LogP contribution >= 0.6 is 0 Å². The SMILES string of the molecule is [B]OCOOOOOOO. The van der Waals surface area contributed by atoms with E-state index in [0.29, 0.717) is 0 Å². The van der Waals surface area contributed by atoms with Crippen LogP contribution in [0.3, 0.4) is 0 Å². The van der Waals surface area contributed by atoms with E-state index in [1.165, 1.54) is 0 Å². The van der Waals surface area contributed by atoms with Crippen LogP contribution in [-0.2, 0) is 34.7 Å². The van der Waals surface area contributed by atoms with E-state index in [1.54, 1.807) is 0 Å². The van der Waals surface area contributed by atoms with Crippen LogP contribution in [-0.4, -0.2) is 20.1 Å². The highest BCUT2D eigenvalue weighted by molar-refractivity contribution is 5.97. The predicted octanol–water partition coefficient (Wildman–Crippen LogP) is -0.808. The van der Waals surface area contributed by atoms with Crippen molar-refractivity contribution in [2.24, 2.45) is 0 Å². The minimum absolute atomic E-state index is 0.372. The predicted molar refractivity (Wildman–Crippen MR) is 20.8 cm³/mol. The highest BCUT2D eigenvalue weighted by Gasteiger charge is 1.89. The molecule has 0 heterocycles. The van der Waals surface area contributed by atoms with Gasteiger partial charge in [-0.15, -0.1) is 0 Å². The zero-order valence-corrected chi connectivity index (χ0v) is 4.59. The van der Waals surface area contributed by atoms with E-state index in [4.69, 9.17) is 5.26 Å². The molecule has 0 aromatic rings. The maximum absolute atomic E-state index is 7.40. The Kier molecular flexibility index (Phi) is 8.52. The number of hydrogen-bond donors (Lipinski definition) is 1. The highest BCUT2D eigenvalue weighted by atomic mass is 17.9. The van der Waals surface area contributed by atoms with E-state index in [-0.39, 0.29) is 6.79 Å². The van der Waals surface area contributed by atoms with E-state index in [1.807, 2.05) is 0 Å². The minimum Gasteiger partial charge on any atom is -0.425 e. The molecule has 58 valence electrons. The van der Waals surface area contributed by atoms with Crippen LogP contribution in [0.25, 0.3) is 0 Å². The Balaban J connectivity index is 2.65. The Morgan fingerprint density at radius 3 is 2.40 bits per heavy atom. The molecule has 0 aliphatic rings. The summed E-state index contributed by atoms with van der Waals surface area (Å²) in [6, 6.07) is 0. The van der Waals surface area contributed by atoms with Crippen LogP contribution < -0.4 is 0 Å². The third-order valence-electron chi connectivity index (χ3n) is 0.278. The van der Waals surface area contributed by atoms with Crippen LogP contribution in [0.15, 0.2) is 0 Å². The molecule has 0 fully saturated rings. The first kappa shape index (κ1) is 9.74. The standard InChI is InChI=1S/CH3BO8/c2-4-1-5-7-9-10-8-6-3/h3H,1H2. The molecule has 9 heteroatoms. The largest absolute Gasteiger partial charge is 0.425 e. The van der Waals surface area contributed by atoms with Gasteiger partial charge in [0.2, 0.25) is 0 Å². The smallest absolute Gasteiger partial charge is 0.285 e. The molecule has 0 saturated carbocycles. The summed E-state index contributed by atoms with van der Waals surface area (Å²) in [4.78, 5) is 3.92. The monoisotopic (exact) mass is 154 g/mol. The molecule has 0 spiro atoms. The van der Waals surface area contributed by atoms with E-state index in [9.17, 15) is 0 Å². The lowest BCUT2D eigenvalue weighted by atomic mass is 10.6. The Hall–Kier alpha value is -0.255. The molecule has 8 nitrogen and oxygen atoms in total. The van der Waals surface area contributed by atoms with Gasteiger partial charge in [-0.25, -0.2) is 5.26 Å². The van der Waals surface area contributed by atoms with Gasteiger partial charge in [-0.2, -0.15) is 4.89 Å². The van der Waals surface area contributed by atoms with Gasteiger partial charge in [0.05, 0.1) is 0 Å². The van der Waals surface area contributed by atoms with E-state index >= 15 is 0 Å². The first-order chi connectivity index (χ1) is 4.91. The van der Waals surface area contributed by atoms with Gasteiger partial charge < -0.3 is 4.65 Å². The molecular weight excluding hydrogens is 151 g/mol. The summed E-state index contributed by atoms with van der Waals surface area (Å²) in [5, 5.41) is 24.1. The van der Waals surface area contributed by atoms with Crippen molar-refractivity contribution in [3.8, 4) is 0 Å². The van der Waals surface area contributed by atoms with Crippen molar-refractivity contribution in [2.75, 3.05) is 6.79 Å². The van der Waals surface area contributed by atoms with Crippen molar-refractivity contribution in [3.63, 3.8) is 0 Å². The fraction of sp³-hybridized carbons (Fsp3) is 1.00. The Morgan fingerprint density at radius 1 is 1.10 bits per heavy atom. The summed E-state index contributed by atoms with van der Waals surface area (Å²) in [5.41, 5.74) is 0. The molecule has 0 amide bonds. The lowest BCUT2D eigenvalue weighted by molar-refractivity contribution is -0.788. The van der Waals surface area contributed by atoms with Crippen LogP contribution in [0.5, 0.6) is 0 Å². The molecule has 0 aromatic heterocycles. The first-order valence-electron chi connectivity index (χ1n) is 1.83. The van der Waals surface area contributed by atoms with Gasteiger partial charge in [0.25, 0.3) is 8.05 Å². The van der Waals surface area contributed by atoms with Gasteiger partial charge in [0.1, 0.15) is 0 Å². The quantitative estimate of drug-likeness (QED) is 0.167. The summed E-state index contributed by atoms with van der Waals surface area (Å²) in [6.07, 6.45) is 0. The molecule has 2 radical (unpaired) electrons. The summed E-state index contributed by atoms with van der Waals surface area (Å²) in [6.45, 7) is -0.372. The average Bonchev–Trinajstić information content (AvgIpc) is 1.97. The van der Waals surface area contributed by atoms with Crippen molar-refractivity contribution >= 4 is 8.05 Å². The molecule has 0 atom stereocenters. The van der Waals surface area contributed by atoms with Gasteiger partial charge in [0.15, 0.2) is 6.79 Å². The van der Waals surface area contributed by atoms with Crippen molar-refractivity contribution < 1.29 is 40.0 Å². The number of hydrogen-bond acceptors (Lipinski definition) is 8. The van der Waals surface area contributed by atoms with Gasteiger partial charge >= 0.3 is 0 Å². The van der Waals surface area contributed by atoms with E-state index in [2.05, 4.69) is 42.8 Å². The normalized spacial score (nSPS) is 10.1. The Bertz CT molecular complexity index is 49.2. The molecule has 0 aliphatic heterocycles. The van der Waals surface area contributed by atoms with Gasteiger partial charge in [-0.1, -0.05) is 0 Å². The molecule has 0 rings (SSSR count). The molecule has 0 bridgehead atoms. The van der Waals surface area contributed by atoms with Gasteiger partial charge in [-0.05, 0) is 25.2 Å². The number of rotatable bonds is 7. The maximum atomic E-state index is 7.40. The van der Waals surface area contributed by atoms with E-state index < -0.39 is 0 Å². The third-order valence-corrected chi connectivity index (χ3v) is 0.278. The topological polar surface area (TPSA) is 84.8 Å². The third kappa shape index (κ3) is 7.74. The molecule has 1 N–H and O–H groups in total. The molecule has 0 aromatic carbocycles. The van der Waals surface area contributed by atoms with Crippen LogP contribution in [0.2, 0.25) is 0 Å². The highest BCUT2D eigenvalue weighted by Crippen LogP contribution is 1.84. The zero-order valence-electron chi connectivity index (χ0n) is 4.59. The summed E-state index contributed by atoms with van der Waals surface area (Å²) in [7, 11) is 4.47. The van der Waals surface area contributed by atoms with Crippen LogP contribution in [0.1, 0.15) is 0 Å². The first-order valence-corrected chi connectivity index (χ1v) is 1.83. The second kappa shape index (κ2) is 8.74. The van der Waals surface area contributed by atoms with Crippen molar-refractivity contribution in [1.29, 1.82) is 0 Å². The molecule has 0 unspecified atom stereocenters. The maximum Gasteiger partial charge on any atom is 0.285 e. The molecule has 0 aliphatic carbocycles. The van der Waals surface area contributed by atoms with Crippen molar-refractivity contribution in [2.45, 2.75) is 0 Å². The summed E-state index contributed by atoms with van der Waals surface area (Å²) >= 11 is 0. The second-order valence-electron chi connectivity index (χ2n) is 0.749. The van der Waals surface area contributed by atoms with Crippen LogP contribution in [0.4, 0.5) is 0 Å². The lowest BCUT2D eigenvalue weighted by Crippen LogP contribution is -2.01. The average molecular weight is 154 g/mol. The molecule has 0 saturated heterocycles. The fourth-order valence-electron chi connectivity index (χ4n) is 0.102. The van der Waals surface area contributed by atoms with Crippen LogP contribution in [0, 0.1) is 0 Å².